The minimum Gasteiger partial charge on any atom is -0.358 e. The van der Waals surface area contributed by atoms with E-state index in [1.165, 1.54) is 16.7 Å². The highest BCUT2D eigenvalue weighted by molar-refractivity contribution is 5.82. The quantitative estimate of drug-likeness (QED) is 0.773. The van der Waals surface area contributed by atoms with Gasteiger partial charge in [0.2, 0.25) is 17.6 Å². The van der Waals surface area contributed by atoms with Gasteiger partial charge in [0.25, 0.3) is 0 Å². The van der Waals surface area contributed by atoms with E-state index in [2.05, 4.69) is 32.5 Å². The highest BCUT2D eigenvalue weighted by Crippen LogP contribution is 2.25. The molecule has 0 saturated carbocycles. The predicted molar refractivity (Wildman–Crippen MR) is 102 cm³/mol. The zero-order valence-electron chi connectivity index (χ0n) is 15.5. The van der Waals surface area contributed by atoms with Crippen molar-refractivity contribution in [3.05, 3.63) is 71.1 Å². The number of likely N-dealkylation sites (N-methyl/N-ethyl adjacent to an activating group) is 1. The van der Waals surface area contributed by atoms with Gasteiger partial charge in [-0.15, -0.1) is 0 Å². The van der Waals surface area contributed by atoms with Crippen molar-refractivity contribution in [1.82, 2.24) is 20.4 Å². The van der Waals surface area contributed by atoms with E-state index in [0.29, 0.717) is 31.2 Å². The molecule has 0 bridgehead atoms. The van der Waals surface area contributed by atoms with E-state index in [1.54, 1.807) is 7.05 Å². The second-order valence-electron chi connectivity index (χ2n) is 6.89. The third kappa shape index (κ3) is 3.61. The van der Waals surface area contributed by atoms with E-state index < -0.39 is 0 Å². The predicted octanol–water partition coefficient (Wildman–Crippen LogP) is 2.72. The van der Waals surface area contributed by atoms with Crippen molar-refractivity contribution in [2.45, 2.75) is 32.5 Å². The molecule has 3 aromatic rings. The number of nitrogens with one attached hydrogen (secondary N) is 1. The Kier molecular flexibility index (Phi) is 4.73. The molecule has 6 heteroatoms. The van der Waals surface area contributed by atoms with Gasteiger partial charge >= 0.3 is 0 Å². The van der Waals surface area contributed by atoms with Crippen molar-refractivity contribution in [2.24, 2.45) is 0 Å². The van der Waals surface area contributed by atoms with Gasteiger partial charge in [0.1, 0.15) is 0 Å². The van der Waals surface area contributed by atoms with Crippen LogP contribution in [0.3, 0.4) is 0 Å². The molecule has 1 atom stereocenters. The molecule has 1 aliphatic heterocycles. The lowest BCUT2D eigenvalue weighted by atomic mass is 9.93. The summed E-state index contributed by atoms with van der Waals surface area (Å²) in [5, 5.41) is 6.87. The van der Waals surface area contributed by atoms with Gasteiger partial charge in [0.05, 0.1) is 12.6 Å². The molecule has 2 aromatic carbocycles. The maximum atomic E-state index is 12.4. The van der Waals surface area contributed by atoms with Gasteiger partial charge in [-0.05, 0) is 24.5 Å². The van der Waals surface area contributed by atoms with Crippen LogP contribution in [0.15, 0.2) is 53.1 Å². The molecule has 1 aliphatic rings. The summed E-state index contributed by atoms with van der Waals surface area (Å²) in [5.41, 5.74) is 4.55. The molecule has 4 rings (SSSR count). The van der Waals surface area contributed by atoms with E-state index in [1.807, 2.05) is 43.3 Å². The maximum Gasteiger partial charge on any atom is 0.241 e. The number of rotatable bonds is 4. The van der Waals surface area contributed by atoms with Gasteiger partial charge in [0, 0.05) is 19.2 Å². The molecule has 1 amide bonds. The van der Waals surface area contributed by atoms with Crippen molar-refractivity contribution in [2.75, 3.05) is 7.05 Å². The molecule has 1 aromatic heterocycles. The van der Waals surface area contributed by atoms with Crippen molar-refractivity contribution in [3.8, 4) is 11.4 Å². The third-order valence-corrected chi connectivity index (χ3v) is 5.01. The Labute approximate surface area is 158 Å². The van der Waals surface area contributed by atoms with Crippen LogP contribution in [0.1, 0.15) is 22.6 Å². The number of fused-ring (bicyclic) bond motifs is 1. The molecule has 0 aliphatic carbocycles. The highest BCUT2D eigenvalue weighted by Gasteiger charge is 2.32. The monoisotopic (exact) mass is 362 g/mol. The first-order chi connectivity index (χ1) is 13.1. The summed E-state index contributed by atoms with van der Waals surface area (Å²) < 4.78 is 5.47. The molecule has 6 nitrogen and oxygen atoms in total. The molecular weight excluding hydrogens is 340 g/mol. The van der Waals surface area contributed by atoms with Crippen LogP contribution in [0, 0.1) is 6.92 Å². The largest absolute Gasteiger partial charge is 0.358 e. The molecule has 1 N–H and O–H groups in total. The molecule has 0 radical (unpaired) electrons. The summed E-state index contributed by atoms with van der Waals surface area (Å²) in [6, 6.07) is 16.0. The molecular formula is C21H22N4O2. The van der Waals surface area contributed by atoms with E-state index >= 15 is 0 Å². The van der Waals surface area contributed by atoms with Crippen LogP contribution in [-0.2, 0) is 24.3 Å². The zero-order valence-corrected chi connectivity index (χ0v) is 15.5. The number of hydrogen-bond donors (Lipinski definition) is 1. The average Bonchev–Trinajstić information content (AvgIpc) is 3.16. The number of carbonyl (C=O) groups excluding carboxylic acids is 1. The number of nitrogens with zero attached hydrogens (tertiary/aromatic N) is 3. The number of hydrogen-bond acceptors (Lipinski definition) is 5. The van der Waals surface area contributed by atoms with Crippen LogP contribution in [-0.4, -0.2) is 34.0 Å². The lowest BCUT2D eigenvalue weighted by molar-refractivity contribution is -0.126. The summed E-state index contributed by atoms with van der Waals surface area (Å²) in [7, 11) is 1.67. The van der Waals surface area contributed by atoms with Crippen molar-refractivity contribution in [1.29, 1.82) is 0 Å². The summed E-state index contributed by atoms with van der Waals surface area (Å²) in [4.78, 5) is 19.0. The molecule has 2 heterocycles. The Morgan fingerprint density at radius 3 is 2.67 bits per heavy atom. The van der Waals surface area contributed by atoms with Crippen LogP contribution in [0.4, 0.5) is 0 Å². The van der Waals surface area contributed by atoms with Gasteiger partial charge < -0.3 is 9.84 Å². The first kappa shape index (κ1) is 17.4. The molecule has 0 spiro atoms. The SMILES string of the molecule is CNC(=O)C1Cc2ccccc2CN1Cc1nc(-c2ccc(C)cc2)no1. The molecule has 27 heavy (non-hydrogen) atoms. The fraction of sp³-hybridized carbons (Fsp3) is 0.286. The highest BCUT2D eigenvalue weighted by atomic mass is 16.5. The number of benzene rings is 2. The first-order valence-electron chi connectivity index (χ1n) is 9.06. The summed E-state index contributed by atoms with van der Waals surface area (Å²) in [5.74, 6) is 1.08. The Balaban J connectivity index is 1.57. The summed E-state index contributed by atoms with van der Waals surface area (Å²) >= 11 is 0. The summed E-state index contributed by atoms with van der Waals surface area (Å²) in [6.07, 6.45) is 0.675. The van der Waals surface area contributed by atoms with Crippen LogP contribution in [0.5, 0.6) is 0 Å². The van der Waals surface area contributed by atoms with E-state index in [-0.39, 0.29) is 11.9 Å². The molecule has 1 unspecified atom stereocenters. The lowest BCUT2D eigenvalue weighted by Gasteiger charge is -2.34. The van der Waals surface area contributed by atoms with Gasteiger partial charge in [0.15, 0.2) is 0 Å². The molecule has 0 fully saturated rings. The van der Waals surface area contributed by atoms with Crippen LogP contribution in [0.2, 0.25) is 0 Å². The third-order valence-electron chi connectivity index (χ3n) is 5.01. The number of aromatic nitrogens is 2. The van der Waals surface area contributed by atoms with Crippen LogP contribution >= 0.6 is 0 Å². The van der Waals surface area contributed by atoms with Crippen molar-refractivity contribution in [3.63, 3.8) is 0 Å². The lowest BCUT2D eigenvalue weighted by Crippen LogP contribution is -2.49. The maximum absolute atomic E-state index is 12.4. The van der Waals surface area contributed by atoms with E-state index in [0.717, 1.165) is 5.56 Å². The molecule has 138 valence electrons. The Morgan fingerprint density at radius 1 is 1.19 bits per heavy atom. The average molecular weight is 362 g/mol. The van der Waals surface area contributed by atoms with Crippen LogP contribution in [0.25, 0.3) is 11.4 Å². The number of aryl methyl sites for hydroxylation is 1. The van der Waals surface area contributed by atoms with Crippen molar-refractivity contribution < 1.29 is 9.32 Å². The standard InChI is InChI=1S/C21H22N4O2/c1-14-7-9-15(10-8-14)20-23-19(27-24-20)13-25-12-17-6-4-3-5-16(17)11-18(25)21(26)22-2/h3-10,18H,11-13H2,1-2H3,(H,22,26). The zero-order chi connectivity index (χ0) is 18.8. The van der Waals surface area contributed by atoms with Crippen molar-refractivity contribution >= 4 is 5.91 Å². The Morgan fingerprint density at radius 2 is 1.93 bits per heavy atom. The second kappa shape index (κ2) is 7.32. The van der Waals surface area contributed by atoms with Gasteiger partial charge in [-0.1, -0.05) is 59.3 Å². The first-order valence-corrected chi connectivity index (χ1v) is 9.06. The minimum absolute atomic E-state index is 0.00257. The van der Waals surface area contributed by atoms with Gasteiger partial charge in [-0.3, -0.25) is 9.69 Å². The van der Waals surface area contributed by atoms with Crippen LogP contribution < -0.4 is 5.32 Å². The molecule has 0 saturated heterocycles. The normalized spacial score (nSPS) is 16.7. The second-order valence-corrected chi connectivity index (χ2v) is 6.89. The number of carbonyl (C=O) groups is 1. The van der Waals surface area contributed by atoms with E-state index in [4.69, 9.17) is 4.52 Å². The Hall–Kier alpha value is -2.99. The minimum atomic E-state index is -0.250. The fourth-order valence-electron chi connectivity index (χ4n) is 3.48. The van der Waals surface area contributed by atoms with Gasteiger partial charge in [-0.2, -0.15) is 4.98 Å². The summed E-state index contributed by atoms with van der Waals surface area (Å²) in [6.45, 7) is 3.15. The smallest absolute Gasteiger partial charge is 0.241 e. The number of amides is 1. The topological polar surface area (TPSA) is 71.3 Å². The van der Waals surface area contributed by atoms with E-state index in [9.17, 15) is 4.79 Å². The Bertz CT molecular complexity index is 949. The van der Waals surface area contributed by atoms with Gasteiger partial charge in [-0.25, -0.2) is 0 Å². The fourth-order valence-corrected chi connectivity index (χ4v) is 3.48.